The number of nitro benzene ring substituents is 1. The summed E-state index contributed by atoms with van der Waals surface area (Å²) in [5.41, 5.74) is 1.16. The number of carbonyl (C=O) groups excluding carboxylic acids is 2. The minimum absolute atomic E-state index is 0.0491. The number of carbonyl (C=O) groups is 2. The molecule has 1 N–H and O–H groups in total. The van der Waals surface area contributed by atoms with Gasteiger partial charge in [0.05, 0.1) is 21.6 Å². The van der Waals surface area contributed by atoms with Crippen LogP contribution in [0.5, 0.6) is 0 Å². The van der Waals surface area contributed by atoms with Crippen LogP contribution in [0, 0.1) is 33.3 Å². The van der Waals surface area contributed by atoms with Crippen molar-refractivity contribution < 1.29 is 19.3 Å². The Kier molecular flexibility index (Phi) is 5.35. The molecule has 2 aliphatic carbocycles. The summed E-state index contributed by atoms with van der Waals surface area (Å²) in [6, 6.07) is 12.9. The van der Waals surface area contributed by atoms with Crippen molar-refractivity contribution in [1.29, 1.82) is 0 Å². The third-order valence-electron chi connectivity index (χ3n) is 8.03. The second kappa shape index (κ2) is 7.79. The van der Waals surface area contributed by atoms with Crippen molar-refractivity contribution in [3.63, 3.8) is 0 Å². The number of nitrogens with one attached hydrogen (secondary N) is 1. The maximum atomic E-state index is 13.5. The molecule has 1 amide bonds. The molecule has 0 aromatic heterocycles. The molecule has 2 aromatic carbocycles. The number of nitro groups is 1. The number of nitrogens with zero attached hydrogens (tertiary/aromatic N) is 2. The Bertz CT molecular complexity index is 1150. The van der Waals surface area contributed by atoms with E-state index in [9.17, 15) is 19.7 Å². The summed E-state index contributed by atoms with van der Waals surface area (Å²) >= 11 is 0. The predicted octanol–water partition coefficient (Wildman–Crippen LogP) is 5.27. The van der Waals surface area contributed by atoms with Crippen molar-refractivity contribution in [2.75, 3.05) is 5.32 Å². The van der Waals surface area contributed by atoms with E-state index in [1.807, 2.05) is 31.2 Å². The molecule has 4 rings (SSSR count). The third kappa shape index (κ3) is 3.50. The molecule has 172 valence electrons. The van der Waals surface area contributed by atoms with Gasteiger partial charge >= 0.3 is 5.97 Å². The molecule has 0 radical (unpaired) electrons. The SMILES string of the molecule is Cc1ccc(NC(=O)C23CCC(C)(/C(=N/OC(=O)c4ccc([N+](=O)[O-])cc4)C2)C3(C)C)cc1. The number of fused-ring (bicyclic) bond motifs is 2. The molecule has 2 fully saturated rings. The second-order valence-electron chi connectivity index (χ2n) is 9.76. The van der Waals surface area contributed by atoms with Crippen LogP contribution in [0.2, 0.25) is 0 Å². The van der Waals surface area contributed by atoms with E-state index in [1.54, 1.807) is 0 Å². The number of amides is 1. The number of hydrogen-bond acceptors (Lipinski definition) is 6. The zero-order valence-corrected chi connectivity index (χ0v) is 19.2. The van der Waals surface area contributed by atoms with E-state index in [1.165, 1.54) is 24.3 Å². The van der Waals surface area contributed by atoms with Crippen molar-refractivity contribution in [3.8, 4) is 0 Å². The molecule has 2 aliphatic rings. The molecular formula is C25H27N3O5. The number of benzene rings is 2. The Morgan fingerprint density at radius 3 is 2.27 bits per heavy atom. The average molecular weight is 450 g/mol. The highest BCUT2D eigenvalue weighted by molar-refractivity contribution is 6.06. The number of aryl methyl sites for hydroxylation is 1. The van der Waals surface area contributed by atoms with Crippen molar-refractivity contribution in [2.45, 2.75) is 47.0 Å². The first-order valence-corrected chi connectivity index (χ1v) is 10.9. The lowest BCUT2D eigenvalue weighted by molar-refractivity contribution is -0.384. The molecule has 2 unspecified atom stereocenters. The summed E-state index contributed by atoms with van der Waals surface area (Å²) in [7, 11) is 0. The van der Waals surface area contributed by atoms with Gasteiger partial charge in [-0.25, -0.2) is 4.79 Å². The molecule has 2 aromatic rings. The van der Waals surface area contributed by atoms with Crippen LogP contribution in [0.3, 0.4) is 0 Å². The van der Waals surface area contributed by atoms with E-state index < -0.39 is 27.1 Å². The molecule has 2 bridgehead atoms. The molecule has 0 aliphatic heterocycles. The van der Waals surface area contributed by atoms with Crippen molar-refractivity contribution in [3.05, 3.63) is 69.8 Å². The van der Waals surface area contributed by atoms with Crippen molar-refractivity contribution in [1.82, 2.24) is 0 Å². The van der Waals surface area contributed by atoms with Gasteiger partial charge in [-0.05, 0) is 49.4 Å². The van der Waals surface area contributed by atoms with E-state index >= 15 is 0 Å². The minimum Gasteiger partial charge on any atom is -0.326 e. The lowest BCUT2D eigenvalue weighted by atomic mass is 9.64. The van der Waals surface area contributed by atoms with E-state index in [0.717, 1.165) is 24.1 Å². The lowest BCUT2D eigenvalue weighted by Crippen LogP contribution is -2.43. The van der Waals surface area contributed by atoms with Gasteiger partial charge in [0.1, 0.15) is 0 Å². The van der Waals surface area contributed by atoms with E-state index in [2.05, 4.69) is 31.2 Å². The summed E-state index contributed by atoms with van der Waals surface area (Å²) in [5.74, 6) is -0.744. The van der Waals surface area contributed by atoms with Gasteiger partial charge in [0.25, 0.3) is 5.69 Å². The molecule has 33 heavy (non-hydrogen) atoms. The number of anilines is 1. The number of hydrogen-bond donors (Lipinski definition) is 1. The van der Waals surface area contributed by atoms with Gasteiger partial charge in [-0.3, -0.25) is 14.9 Å². The predicted molar refractivity (Wildman–Crippen MR) is 124 cm³/mol. The van der Waals surface area contributed by atoms with E-state index in [4.69, 9.17) is 4.84 Å². The molecular weight excluding hydrogens is 422 g/mol. The van der Waals surface area contributed by atoms with E-state index in [0.29, 0.717) is 12.1 Å². The van der Waals surface area contributed by atoms with Crippen LogP contribution in [0.4, 0.5) is 11.4 Å². The smallest absolute Gasteiger partial charge is 0.326 e. The van der Waals surface area contributed by atoms with Crippen LogP contribution < -0.4 is 5.32 Å². The van der Waals surface area contributed by atoms with Crippen LogP contribution in [-0.4, -0.2) is 22.5 Å². The van der Waals surface area contributed by atoms with Crippen LogP contribution in [0.15, 0.2) is 53.7 Å². The first kappa shape index (κ1) is 22.6. The molecule has 2 saturated carbocycles. The highest BCUT2D eigenvalue weighted by Gasteiger charge is 2.71. The highest BCUT2D eigenvalue weighted by atomic mass is 16.7. The quantitative estimate of drug-likeness (QED) is 0.380. The Morgan fingerprint density at radius 2 is 1.67 bits per heavy atom. The number of oxime groups is 1. The van der Waals surface area contributed by atoms with E-state index in [-0.39, 0.29) is 17.2 Å². The zero-order valence-electron chi connectivity index (χ0n) is 19.2. The molecule has 0 spiro atoms. The lowest BCUT2D eigenvalue weighted by Gasteiger charge is -2.39. The van der Waals surface area contributed by atoms with Gasteiger partial charge in [0, 0.05) is 29.7 Å². The largest absolute Gasteiger partial charge is 0.365 e. The summed E-state index contributed by atoms with van der Waals surface area (Å²) in [6.45, 7) is 8.22. The first-order valence-electron chi connectivity index (χ1n) is 10.9. The Hall–Kier alpha value is -3.55. The Morgan fingerprint density at radius 1 is 1.03 bits per heavy atom. The summed E-state index contributed by atoms with van der Waals surface area (Å²) < 4.78 is 0. The van der Waals surface area contributed by atoms with Gasteiger partial charge in [0.15, 0.2) is 0 Å². The second-order valence-corrected chi connectivity index (χ2v) is 9.76. The van der Waals surface area contributed by atoms with Crippen LogP contribution >= 0.6 is 0 Å². The summed E-state index contributed by atoms with van der Waals surface area (Å²) in [5, 5.41) is 18.1. The molecule has 8 heteroatoms. The van der Waals surface area contributed by atoms with Gasteiger partial charge < -0.3 is 10.2 Å². The molecule has 2 atom stereocenters. The Balaban J connectivity index is 1.55. The van der Waals surface area contributed by atoms with Crippen molar-refractivity contribution in [2.24, 2.45) is 21.4 Å². The topological polar surface area (TPSA) is 111 Å². The van der Waals surface area contributed by atoms with Crippen LogP contribution in [0.25, 0.3) is 0 Å². The van der Waals surface area contributed by atoms with Crippen LogP contribution in [0.1, 0.15) is 56.0 Å². The standard InChI is InChI=1S/C25H27N3O5/c1-16-5-9-18(10-6-16)26-22(30)25-14-13-24(4,23(25,2)3)20(15-25)27-33-21(29)17-7-11-19(12-8-17)28(31)32/h5-12H,13-15H2,1-4H3,(H,26,30)/b27-20+. The maximum absolute atomic E-state index is 13.5. The number of non-ortho nitro benzene ring substituents is 1. The summed E-state index contributed by atoms with van der Waals surface area (Å²) in [6.07, 6.45) is 1.89. The van der Waals surface area contributed by atoms with Crippen LogP contribution in [-0.2, 0) is 9.63 Å². The minimum atomic E-state index is -0.695. The van der Waals surface area contributed by atoms with Gasteiger partial charge in [-0.1, -0.05) is 43.6 Å². The zero-order chi connectivity index (χ0) is 24.0. The number of rotatable bonds is 5. The monoisotopic (exact) mass is 449 g/mol. The van der Waals surface area contributed by atoms with Gasteiger partial charge in [0.2, 0.25) is 5.91 Å². The fourth-order valence-corrected chi connectivity index (χ4v) is 5.28. The maximum Gasteiger partial charge on any atom is 0.365 e. The Labute approximate surface area is 192 Å². The molecule has 0 saturated heterocycles. The summed E-state index contributed by atoms with van der Waals surface area (Å²) in [4.78, 5) is 41.5. The van der Waals surface area contributed by atoms with Crippen molar-refractivity contribution >= 4 is 29.0 Å². The fraction of sp³-hybridized carbons (Fsp3) is 0.400. The first-order chi connectivity index (χ1) is 15.5. The average Bonchev–Trinajstić information content (AvgIpc) is 3.09. The third-order valence-corrected chi connectivity index (χ3v) is 8.03. The van der Waals surface area contributed by atoms with Gasteiger partial charge in [-0.2, -0.15) is 0 Å². The normalized spacial score (nSPS) is 26.2. The molecule has 8 nitrogen and oxygen atoms in total. The highest BCUT2D eigenvalue weighted by Crippen LogP contribution is 2.71. The fourth-order valence-electron chi connectivity index (χ4n) is 5.28. The molecule has 0 heterocycles. The van der Waals surface area contributed by atoms with Gasteiger partial charge in [-0.15, -0.1) is 0 Å².